The molecule has 1 heterocycles. The maximum atomic E-state index is 13.3. The Labute approximate surface area is 122 Å². The van der Waals surface area contributed by atoms with E-state index in [0.29, 0.717) is 18.0 Å². The molecule has 2 aromatic rings. The summed E-state index contributed by atoms with van der Waals surface area (Å²) in [6.45, 7) is 4.48. The van der Waals surface area contributed by atoms with E-state index in [9.17, 15) is 8.78 Å². The lowest BCUT2D eigenvalue weighted by Gasteiger charge is -2.07. The molecule has 0 saturated heterocycles. The summed E-state index contributed by atoms with van der Waals surface area (Å²) in [5.74, 6) is -1.24. The summed E-state index contributed by atoms with van der Waals surface area (Å²) in [5, 5.41) is 4.53. The van der Waals surface area contributed by atoms with Crippen LogP contribution in [0.1, 0.15) is 36.4 Å². The van der Waals surface area contributed by atoms with Gasteiger partial charge in [-0.25, -0.2) is 8.78 Å². The minimum absolute atomic E-state index is 0.421. The molecule has 20 heavy (non-hydrogen) atoms. The molecule has 1 aromatic carbocycles. The van der Waals surface area contributed by atoms with Gasteiger partial charge < -0.3 is 0 Å². The van der Waals surface area contributed by atoms with Gasteiger partial charge in [0.15, 0.2) is 11.6 Å². The lowest BCUT2D eigenvalue weighted by atomic mass is 10.1. The van der Waals surface area contributed by atoms with E-state index < -0.39 is 11.6 Å². The Hall–Kier alpha value is -1.42. The first kappa shape index (κ1) is 15.0. The maximum Gasteiger partial charge on any atom is 0.159 e. The number of alkyl halides is 1. The standard InChI is InChI=1S/C15H17ClF2N2/c1-3-14-11(8-16)15(4-2)20(19-14)9-10-5-6-12(17)13(18)7-10/h5-7H,3-4,8-9H2,1-2H3. The van der Waals surface area contributed by atoms with Crippen LogP contribution in [0.4, 0.5) is 8.78 Å². The number of rotatable bonds is 5. The molecule has 0 amide bonds. The molecule has 0 fully saturated rings. The molecule has 0 bridgehead atoms. The third-order valence-corrected chi connectivity index (χ3v) is 3.64. The fraction of sp³-hybridized carbons (Fsp3) is 0.400. The minimum Gasteiger partial charge on any atom is -0.265 e. The molecule has 0 spiro atoms. The van der Waals surface area contributed by atoms with Crippen LogP contribution in [-0.4, -0.2) is 9.78 Å². The van der Waals surface area contributed by atoms with Crippen molar-refractivity contribution in [2.24, 2.45) is 0 Å². The highest BCUT2D eigenvalue weighted by Gasteiger charge is 2.15. The van der Waals surface area contributed by atoms with E-state index in [4.69, 9.17) is 11.6 Å². The summed E-state index contributed by atoms with van der Waals surface area (Å²) >= 11 is 5.99. The molecule has 2 nitrogen and oxygen atoms in total. The van der Waals surface area contributed by atoms with E-state index in [-0.39, 0.29) is 0 Å². The summed E-state index contributed by atoms with van der Waals surface area (Å²) in [6.07, 6.45) is 1.61. The fourth-order valence-corrected chi connectivity index (χ4v) is 2.67. The van der Waals surface area contributed by atoms with Crippen molar-refractivity contribution in [2.45, 2.75) is 39.1 Å². The van der Waals surface area contributed by atoms with Crippen molar-refractivity contribution in [1.82, 2.24) is 9.78 Å². The number of halogens is 3. The van der Waals surface area contributed by atoms with Gasteiger partial charge in [-0.2, -0.15) is 5.10 Å². The van der Waals surface area contributed by atoms with Gasteiger partial charge in [-0.1, -0.05) is 19.9 Å². The number of nitrogens with zero attached hydrogens (tertiary/aromatic N) is 2. The van der Waals surface area contributed by atoms with Gasteiger partial charge >= 0.3 is 0 Å². The predicted octanol–water partition coefficient (Wildman–Crippen LogP) is 4.07. The maximum absolute atomic E-state index is 13.3. The van der Waals surface area contributed by atoms with E-state index in [1.165, 1.54) is 6.07 Å². The van der Waals surface area contributed by atoms with E-state index >= 15 is 0 Å². The Kier molecular flexibility index (Phi) is 4.76. The highest BCUT2D eigenvalue weighted by atomic mass is 35.5. The van der Waals surface area contributed by atoms with Crippen molar-refractivity contribution >= 4 is 11.6 Å². The fourth-order valence-electron chi connectivity index (χ4n) is 2.36. The van der Waals surface area contributed by atoms with Gasteiger partial charge in [0.25, 0.3) is 0 Å². The number of benzene rings is 1. The monoisotopic (exact) mass is 298 g/mol. The second-order valence-corrected chi connectivity index (χ2v) is 4.89. The minimum atomic E-state index is -0.833. The molecular weight excluding hydrogens is 282 g/mol. The topological polar surface area (TPSA) is 17.8 Å². The molecule has 0 N–H and O–H groups in total. The van der Waals surface area contributed by atoms with Crippen LogP contribution in [0.3, 0.4) is 0 Å². The number of aromatic nitrogens is 2. The molecule has 1 aromatic heterocycles. The van der Waals surface area contributed by atoms with Crippen molar-refractivity contribution in [1.29, 1.82) is 0 Å². The van der Waals surface area contributed by atoms with Crippen LogP contribution < -0.4 is 0 Å². The Morgan fingerprint density at radius 3 is 2.45 bits per heavy atom. The number of hydrogen-bond acceptors (Lipinski definition) is 1. The van der Waals surface area contributed by atoms with Gasteiger partial charge in [0.05, 0.1) is 18.1 Å². The Bertz CT molecular complexity index is 608. The van der Waals surface area contributed by atoms with E-state index in [0.717, 1.165) is 35.9 Å². The van der Waals surface area contributed by atoms with Crippen LogP contribution in [-0.2, 0) is 25.3 Å². The molecule has 0 saturated carbocycles. The van der Waals surface area contributed by atoms with Gasteiger partial charge in [0.2, 0.25) is 0 Å². The highest BCUT2D eigenvalue weighted by Crippen LogP contribution is 2.20. The molecular formula is C15H17ClF2N2. The summed E-state index contributed by atoms with van der Waals surface area (Å²) in [6, 6.07) is 3.93. The summed E-state index contributed by atoms with van der Waals surface area (Å²) in [7, 11) is 0. The average molecular weight is 299 g/mol. The SMILES string of the molecule is CCc1nn(Cc2ccc(F)c(F)c2)c(CC)c1CCl. The predicted molar refractivity (Wildman–Crippen MR) is 76.0 cm³/mol. The summed E-state index contributed by atoms with van der Waals surface area (Å²) < 4.78 is 28.0. The van der Waals surface area contributed by atoms with Crippen LogP contribution in [0, 0.1) is 11.6 Å². The van der Waals surface area contributed by atoms with Gasteiger partial charge in [0, 0.05) is 11.3 Å². The third kappa shape index (κ3) is 2.85. The average Bonchev–Trinajstić information content (AvgIpc) is 2.79. The van der Waals surface area contributed by atoms with Crippen LogP contribution in [0.2, 0.25) is 0 Å². The Morgan fingerprint density at radius 1 is 1.15 bits per heavy atom. The smallest absolute Gasteiger partial charge is 0.159 e. The molecule has 0 radical (unpaired) electrons. The molecule has 2 rings (SSSR count). The first-order valence-corrected chi connectivity index (χ1v) is 7.21. The van der Waals surface area contributed by atoms with Gasteiger partial charge in [-0.05, 0) is 30.5 Å². The first-order valence-electron chi connectivity index (χ1n) is 6.68. The van der Waals surface area contributed by atoms with Gasteiger partial charge in [-0.15, -0.1) is 11.6 Å². The molecule has 0 aliphatic rings. The normalized spacial score (nSPS) is 11.1. The largest absolute Gasteiger partial charge is 0.265 e. The van der Waals surface area contributed by atoms with Gasteiger partial charge in [0.1, 0.15) is 0 Å². The lowest BCUT2D eigenvalue weighted by molar-refractivity contribution is 0.505. The van der Waals surface area contributed by atoms with Crippen molar-refractivity contribution in [3.8, 4) is 0 Å². The number of aryl methyl sites for hydroxylation is 1. The van der Waals surface area contributed by atoms with Crippen LogP contribution in [0.5, 0.6) is 0 Å². The van der Waals surface area contributed by atoms with E-state index in [1.807, 2.05) is 18.5 Å². The number of hydrogen-bond donors (Lipinski definition) is 0. The van der Waals surface area contributed by atoms with Crippen molar-refractivity contribution < 1.29 is 8.78 Å². The van der Waals surface area contributed by atoms with E-state index in [1.54, 1.807) is 6.07 Å². The molecule has 0 atom stereocenters. The zero-order valence-electron chi connectivity index (χ0n) is 11.6. The summed E-state index contributed by atoms with van der Waals surface area (Å²) in [4.78, 5) is 0. The Balaban J connectivity index is 2.37. The van der Waals surface area contributed by atoms with Crippen LogP contribution in [0.15, 0.2) is 18.2 Å². The van der Waals surface area contributed by atoms with Crippen molar-refractivity contribution in [2.75, 3.05) is 0 Å². The van der Waals surface area contributed by atoms with Crippen LogP contribution >= 0.6 is 11.6 Å². The van der Waals surface area contributed by atoms with Gasteiger partial charge in [-0.3, -0.25) is 4.68 Å². The summed E-state index contributed by atoms with van der Waals surface area (Å²) in [5.41, 5.74) is 3.77. The lowest BCUT2D eigenvalue weighted by Crippen LogP contribution is -2.07. The first-order chi connectivity index (χ1) is 9.60. The molecule has 0 aliphatic heterocycles. The Morgan fingerprint density at radius 2 is 1.90 bits per heavy atom. The van der Waals surface area contributed by atoms with E-state index in [2.05, 4.69) is 5.10 Å². The second kappa shape index (κ2) is 6.35. The van der Waals surface area contributed by atoms with Crippen molar-refractivity contribution in [3.05, 3.63) is 52.3 Å². The molecule has 0 aliphatic carbocycles. The molecule has 108 valence electrons. The van der Waals surface area contributed by atoms with Crippen LogP contribution in [0.25, 0.3) is 0 Å². The second-order valence-electron chi connectivity index (χ2n) is 4.62. The van der Waals surface area contributed by atoms with Crippen molar-refractivity contribution in [3.63, 3.8) is 0 Å². The zero-order chi connectivity index (χ0) is 14.7. The molecule has 0 unspecified atom stereocenters. The highest BCUT2D eigenvalue weighted by molar-refractivity contribution is 6.17. The quantitative estimate of drug-likeness (QED) is 0.761. The third-order valence-electron chi connectivity index (χ3n) is 3.37. The molecule has 5 heteroatoms. The zero-order valence-corrected chi connectivity index (χ0v) is 12.3.